The summed E-state index contributed by atoms with van der Waals surface area (Å²) in [4.78, 5) is 16.0. The molecule has 0 atom stereocenters. The van der Waals surface area contributed by atoms with Crippen LogP contribution in [0.3, 0.4) is 0 Å². The second-order valence-corrected chi connectivity index (χ2v) is 7.23. The molecule has 0 aliphatic rings. The van der Waals surface area contributed by atoms with Crippen LogP contribution in [-0.4, -0.2) is 31.2 Å². The average Bonchev–Trinajstić information content (AvgIpc) is 2.54. The van der Waals surface area contributed by atoms with Crippen LogP contribution in [0.15, 0.2) is 29.3 Å². The number of carbonyl (C=O) groups is 1. The molecule has 0 heterocycles. The van der Waals surface area contributed by atoms with E-state index in [9.17, 15) is 4.79 Å². The molecule has 146 valence electrons. The van der Waals surface area contributed by atoms with E-state index in [1.807, 2.05) is 45.0 Å². The van der Waals surface area contributed by atoms with E-state index in [-0.39, 0.29) is 5.97 Å². The molecule has 26 heavy (non-hydrogen) atoms. The summed E-state index contributed by atoms with van der Waals surface area (Å²) in [5, 5.41) is 3.12. The van der Waals surface area contributed by atoms with E-state index < -0.39 is 5.60 Å². The van der Waals surface area contributed by atoms with Crippen LogP contribution in [0, 0.1) is 0 Å². The van der Waals surface area contributed by atoms with E-state index in [1.54, 1.807) is 7.11 Å². The molecule has 1 aromatic carbocycles. The Kier molecular flexibility index (Phi) is 9.73. The zero-order chi connectivity index (χ0) is 19.4. The van der Waals surface area contributed by atoms with Crippen molar-refractivity contribution in [1.29, 1.82) is 0 Å². The van der Waals surface area contributed by atoms with Crippen LogP contribution < -0.4 is 11.1 Å². The Morgan fingerprint density at radius 3 is 2.54 bits per heavy atom. The number of anilines is 1. The molecular weight excluding hydrogens is 330 g/mol. The number of guanidine groups is 1. The minimum atomic E-state index is -0.405. The van der Waals surface area contributed by atoms with Crippen LogP contribution in [-0.2, 0) is 20.9 Å². The first-order valence-corrected chi connectivity index (χ1v) is 9.17. The van der Waals surface area contributed by atoms with Crippen molar-refractivity contribution >= 4 is 17.6 Å². The number of aliphatic imine (C=N–C) groups is 1. The molecule has 0 radical (unpaired) electrons. The van der Waals surface area contributed by atoms with Crippen LogP contribution in [0.2, 0.25) is 0 Å². The van der Waals surface area contributed by atoms with Gasteiger partial charge in [-0.3, -0.25) is 9.79 Å². The predicted octanol–water partition coefficient (Wildman–Crippen LogP) is 3.85. The highest BCUT2D eigenvalue weighted by Crippen LogP contribution is 2.15. The van der Waals surface area contributed by atoms with E-state index >= 15 is 0 Å². The summed E-state index contributed by atoms with van der Waals surface area (Å²) in [7, 11) is 1.66. The number of ether oxygens (including phenoxy) is 2. The second kappa shape index (κ2) is 11.5. The van der Waals surface area contributed by atoms with Gasteiger partial charge in [0.1, 0.15) is 5.60 Å². The number of methoxy groups -OCH3 is 1. The fourth-order valence-corrected chi connectivity index (χ4v) is 2.43. The Labute approximate surface area is 157 Å². The standard InChI is InChI=1S/C20H33N3O3/c1-20(2,3)26-18(24)13-7-5-6-10-14-22-19(21)23-17-12-9-8-11-16(17)15-25-4/h8-9,11-12H,5-7,10,13-15H2,1-4H3,(H3,21,22,23). The minimum absolute atomic E-state index is 0.126. The van der Waals surface area contributed by atoms with E-state index in [2.05, 4.69) is 10.3 Å². The fourth-order valence-electron chi connectivity index (χ4n) is 2.43. The number of carbonyl (C=O) groups excluding carboxylic acids is 1. The minimum Gasteiger partial charge on any atom is -0.460 e. The van der Waals surface area contributed by atoms with Crippen molar-refractivity contribution in [3.63, 3.8) is 0 Å². The van der Waals surface area contributed by atoms with Crippen LogP contribution in [0.1, 0.15) is 58.4 Å². The van der Waals surface area contributed by atoms with E-state index in [1.165, 1.54) is 0 Å². The van der Waals surface area contributed by atoms with E-state index in [0.717, 1.165) is 36.9 Å². The van der Waals surface area contributed by atoms with Gasteiger partial charge in [0.15, 0.2) is 5.96 Å². The SMILES string of the molecule is COCc1ccccc1NC(N)=NCCCCCCC(=O)OC(C)(C)C. The van der Waals surface area contributed by atoms with Gasteiger partial charge < -0.3 is 20.5 Å². The van der Waals surface area contributed by atoms with Crippen molar-refractivity contribution in [3.8, 4) is 0 Å². The molecule has 0 aliphatic carbocycles. The maximum atomic E-state index is 11.6. The summed E-state index contributed by atoms with van der Waals surface area (Å²) in [5.41, 5.74) is 7.49. The molecule has 1 rings (SSSR count). The lowest BCUT2D eigenvalue weighted by molar-refractivity contribution is -0.154. The van der Waals surface area contributed by atoms with Crippen LogP contribution >= 0.6 is 0 Å². The summed E-state index contributed by atoms with van der Waals surface area (Å²) in [6, 6.07) is 7.85. The number of hydrogen-bond donors (Lipinski definition) is 2. The number of para-hydroxylation sites is 1. The van der Waals surface area contributed by atoms with Gasteiger partial charge >= 0.3 is 5.97 Å². The summed E-state index contributed by atoms with van der Waals surface area (Å²) < 4.78 is 10.5. The molecular formula is C20H33N3O3. The quantitative estimate of drug-likeness (QED) is 0.285. The van der Waals surface area contributed by atoms with E-state index in [0.29, 0.717) is 25.5 Å². The molecule has 0 amide bonds. The topological polar surface area (TPSA) is 85.9 Å². The second-order valence-electron chi connectivity index (χ2n) is 7.23. The van der Waals surface area contributed by atoms with Gasteiger partial charge in [-0.15, -0.1) is 0 Å². The largest absolute Gasteiger partial charge is 0.460 e. The lowest BCUT2D eigenvalue weighted by Crippen LogP contribution is -2.23. The Bertz CT molecular complexity index is 580. The number of nitrogens with two attached hydrogens (primary N) is 1. The molecule has 0 unspecified atom stereocenters. The summed E-state index contributed by atoms with van der Waals surface area (Å²) in [6.07, 6.45) is 4.26. The van der Waals surface area contributed by atoms with Crippen molar-refractivity contribution in [3.05, 3.63) is 29.8 Å². The Morgan fingerprint density at radius 2 is 1.85 bits per heavy atom. The number of benzene rings is 1. The van der Waals surface area contributed by atoms with Crippen molar-refractivity contribution in [1.82, 2.24) is 0 Å². The first-order chi connectivity index (χ1) is 12.3. The average molecular weight is 364 g/mol. The summed E-state index contributed by atoms with van der Waals surface area (Å²) in [6.45, 7) is 6.84. The Hall–Kier alpha value is -2.08. The lowest BCUT2D eigenvalue weighted by Gasteiger charge is -2.19. The first-order valence-electron chi connectivity index (χ1n) is 9.17. The number of nitrogens with one attached hydrogen (secondary N) is 1. The molecule has 0 saturated heterocycles. The molecule has 1 aromatic rings. The maximum absolute atomic E-state index is 11.6. The highest BCUT2D eigenvalue weighted by Gasteiger charge is 2.15. The number of rotatable bonds is 10. The number of esters is 1. The van der Waals surface area contributed by atoms with E-state index in [4.69, 9.17) is 15.2 Å². The number of hydrogen-bond acceptors (Lipinski definition) is 4. The zero-order valence-corrected chi connectivity index (χ0v) is 16.5. The molecule has 0 aliphatic heterocycles. The summed E-state index contributed by atoms with van der Waals surface area (Å²) in [5.74, 6) is 0.279. The van der Waals surface area contributed by atoms with Crippen LogP contribution in [0.4, 0.5) is 5.69 Å². The van der Waals surface area contributed by atoms with Gasteiger partial charge in [-0.25, -0.2) is 0 Å². The third-order valence-electron chi connectivity index (χ3n) is 3.57. The van der Waals surface area contributed by atoms with Gasteiger partial charge in [0.25, 0.3) is 0 Å². The van der Waals surface area contributed by atoms with Gasteiger partial charge in [-0.1, -0.05) is 31.0 Å². The van der Waals surface area contributed by atoms with Crippen molar-refractivity contribution in [2.24, 2.45) is 10.7 Å². The zero-order valence-electron chi connectivity index (χ0n) is 16.5. The fraction of sp³-hybridized carbons (Fsp3) is 0.600. The van der Waals surface area contributed by atoms with Gasteiger partial charge in [0.05, 0.1) is 6.61 Å². The van der Waals surface area contributed by atoms with Gasteiger partial charge in [0, 0.05) is 31.3 Å². The lowest BCUT2D eigenvalue weighted by atomic mass is 10.1. The van der Waals surface area contributed by atoms with Crippen molar-refractivity contribution < 1.29 is 14.3 Å². The van der Waals surface area contributed by atoms with Crippen molar-refractivity contribution in [2.45, 2.75) is 65.1 Å². The van der Waals surface area contributed by atoms with Gasteiger partial charge in [-0.2, -0.15) is 0 Å². The molecule has 0 spiro atoms. The predicted molar refractivity (Wildman–Crippen MR) is 106 cm³/mol. The van der Waals surface area contributed by atoms with Gasteiger partial charge in [-0.05, 0) is 39.7 Å². The first kappa shape index (κ1) is 22.0. The molecule has 0 aromatic heterocycles. The molecule has 0 saturated carbocycles. The Balaban J connectivity index is 2.21. The Morgan fingerprint density at radius 1 is 1.15 bits per heavy atom. The molecule has 0 bridgehead atoms. The highest BCUT2D eigenvalue weighted by atomic mass is 16.6. The van der Waals surface area contributed by atoms with Crippen molar-refractivity contribution in [2.75, 3.05) is 19.0 Å². The highest BCUT2D eigenvalue weighted by molar-refractivity contribution is 5.92. The molecule has 3 N–H and O–H groups in total. The normalized spacial score (nSPS) is 12.1. The molecule has 0 fully saturated rings. The van der Waals surface area contributed by atoms with Gasteiger partial charge in [0.2, 0.25) is 0 Å². The van der Waals surface area contributed by atoms with Crippen LogP contribution in [0.5, 0.6) is 0 Å². The number of unbranched alkanes of at least 4 members (excludes halogenated alkanes) is 3. The third kappa shape index (κ3) is 10.0. The number of nitrogens with zero attached hydrogens (tertiary/aromatic N) is 1. The maximum Gasteiger partial charge on any atom is 0.306 e. The molecule has 6 nitrogen and oxygen atoms in total. The smallest absolute Gasteiger partial charge is 0.306 e. The third-order valence-corrected chi connectivity index (χ3v) is 3.57. The molecule has 6 heteroatoms. The van der Waals surface area contributed by atoms with Crippen LogP contribution in [0.25, 0.3) is 0 Å². The summed E-state index contributed by atoms with van der Waals surface area (Å²) >= 11 is 0. The monoisotopic (exact) mass is 363 g/mol.